The molecule has 75 heavy (non-hydrogen) atoms. The molecule has 0 aliphatic carbocycles. The average molecular weight is 1050 g/mol. The minimum Gasteiger partial charge on any atom is -0.462 e. The quantitative estimate of drug-likeness (QED) is 0.0261. The Morgan fingerprint density at radius 3 is 0.773 bits per heavy atom. The highest BCUT2D eigenvalue weighted by atomic mass is 16.6. The lowest BCUT2D eigenvalue weighted by molar-refractivity contribution is -0.167. The molecule has 0 N–H and O–H groups in total. The van der Waals surface area contributed by atoms with Crippen LogP contribution >= 0.6 is 0 Å². The van der Waals surface area contributed by atoms with Crippen molar-refractivity contribution in [1.82, 2.24) is 0 Å². The highest BCUT2D eigenvalue weighted by Crippen LogP contribution is 2.17. The Morgan fingerprint density at radius 2 is 0.480 bits per heavy atom. The number of rotatable bonds is 60. The molecule has 1 atom stereocenters. The van der Waals surface area contributed by atoms with Crippen LogP contribution in [-0.4, -0.2) is 37.2 Å². The zero-order chi connectivity index (χ0) is 54.3. The van der Waals surface area contributed by atoms with E-state index in [0.717, 1.165) is 83.5 Å². The Hall–Kier alpha value is -2.89. The molecule has 0 fully saturated rings. The second kappa shape index (κ2) is 63.6. The summed E-state index contributed by atoms with van der Waals surface area (Å²) in [6.07, 6.45) is 80.8. The van der Waals surface area contributed by atoms with Crippen LogP contribution in [0, 0.1) is 0 Å². The summed E-state index contributed by atoms with van der Waals surface area (Å²) in [4.78, 5) is 38.4. The smallest absolute Gasteiger partial charge is 0.306 e. The number of esters is 3. The Balaban J connectivity index is 4.34. The van der Waals surface area contributed by atoms with E-state index in [4.69, 9.17) is 14.2 Å². The van der Waals surface area contributed by atoms with Crippen LogP contribution in [0.4, 0.5) is 0 Å². The zero-order valence-electron chi connectivity index (χ0n) is 50.1. The molecule has 0 saturated carbocycles. The lowest BCUT2D eigenvalue weighted by Crippen LogP contribution is -2.30. The third kappa shape index (κ3) is 61.8. The van der Waals surface area contributed by atoms with Crippen molar-refractivity contribution in [1.29, 1.82) is 0 Å². The molecule has 0 radical (unpaired) electrons. The molecule has 0 spiro atoms. The Kier molecular flexibility index (Phi) is 61.2. The largest absolute Gasteiger partial charge is 0.462 e. The fraction of sp³-hybridized carbons (Fsp3) is 0.812. The first-order valence-corrected chi connectivity index (χ1v) is 32.8. The second-order valence-electron chi connectivity index (χ2n) is 22.0. The molecular weight excluding hydrogens is 925 g/mol. The third-order valence-corrected chi connectivity index (χ3v) is 14.5. The summed E-state index contributed by atoms with van der Waals surface area (Å²) in [5.41, 5.74) is 0. The number of unbranched alkanes of at least 4 members (excludes halogenated alkanes) is 39. The van der Waals surface area contributed by atoms with E-state index in [1.165, 1.54) is 218 Å². The summed E-state index contributed by atoms with van der Waals surface area (Å²) in [6, 6.07) is 0. The summed E-state index contributed by atoms with van der Waals surface area (Å²) < 4.78 is 16.9. The molecule has 0 saturated heterocycles. The van der Waals surface area contributed by atoms with Crippen molar-refractivity contribution in [2.45, 2.75) is 348 Å². The fourth-order valence-corrected chi connectivity index (χ4v) is 9.50. The molecule has 0 amide bonds. The number of carbonyl (C=O) groups is 3. The molecule has 0 aromatic rings. The molecule has 6 nitrogen and oxygen atoms in total. The highest BCUT2D eigenvalue weighted by Gasteiger charge is 2.19. The lowest BCUT2D eigenvalue weighted by Gasteiger charge is -2.18. The monoisotopic (exact) mass is 1050 g/mol. The number of hydrogen-bond donors (Lipinski definition) is 0. The Morgan fingerprint density at radius 1 is 0.267 bits per heavy atom. The first kappa shape index (κ1) is 72.1. The van der Waals surface area contributed by atoms with Crippen LogP contribution in [0.1, 0.15) is 342 Å². The lowest BCUT2D eigenvalue weighted by atomic mass is 10.0. The van der Waals surface area contributed by atoms with Gasteiger partial charge in [0.15, 0.2) is 6.10 Å². The van der Waals surface area contributed by atoms with Crippen molar-refractivity contribution in [2.75, 3.05) is 13.2 Å². The van der Waals surface area contributed by atoms with E-state index in [1.807, 2.05) is 0 Å². The molecule has 0 aliphatic heterocycles. The molecular formula is C69H124O6. The standard InChI is InChI=1S/C69H124O6/c1-4-7-10-13-16-19-22-25-28-31-32-33-34-35-36-39-41-44-47-50-53-56-59-62-68(71)74-65-66(75-69(72)63-60-57-54-51-48-45-42-38-30-27-24-21-18-15-12-9-6-3)64-73-67(70)61-58-55-52-49-46-43-40-37-29-26-23-20-17-14-11-8-5-2/h17-18,20-21,26-27,29-32,66H,4-16,19,22-25,28,33-65H2,1-3H3/b20-17-,21-18-,29-26-,30-27-,32-31-. The van der Waals surface area contributed by atoms with Crippen LogP contribution in [0.15, 0.2) is 60.8 Å². The van der Waals surface area contributed by atoms with Gasteiger partial charge in [-0.3, -0.25) is 14.4 Å². The van der Waals surface area contributed by atoms with Gasteiger partial charge < -0.3 is 14.2 Å². The van der Waals surface area contributed by atoms with Crippen LogP contribution in [0.3, 0.4) is 0 Å². The Bertz CT molecular complexity index is 1340. The van der Waals surface area contributed by atoms with Gasteiger partial charge in [0.25, 0.3) is 0 Å². The number of allylic oxidation sites excluding steroid dienone is 10. The van der Waals surface area contributed by atoms with E-state index in [2.05, 4.69) is 81.5 Å². The van der Waals surface area contributed by atoms with Crippen molar-refractivity contribution < 1.29 is 28.6 Å². The van der Waals surface area contributed by atoms with Crippen LogP contribution in [0.2, 0.25) is 0 Å². The third-order valence-electron chi connectivity index (χ3n) is 14.5. The van der Waals surface area contributed by atoms with Crippen molar-refractivity contribution >= 4 is 17.9 Å². The molecule has 436 valence electrons. The molecule has 0 aromatic carbocycles. The average Bonchev–Trinajstić information content (AvgIpc) is 3.41. The van der Waals surface area contributed by atoms with Crippen molar-refractivity contribution in [3.05, 3.63) is 60.8 Å². The van der Waals surface area contributed by atoms with E-state index < -0.39 is 6.10 Å². The molecule has 1 unspecified atom stereocenters. The normalized spacial score (nSPS) is 12.4. The summed E-state index contributed by atoms with van der Waals surface area (Å²) in [5, 5.41) is 0. The summed E-state index contributed by atoms with van der Waals surface area (Å²) in [5.74, 6) is -0.877. The van der Waals surface area contributed by atoms with Gasteiger partial charge in [0.05, 0.1) is 0 Å². The van der Waals surface area contributed by atoms with Gasteiger partial charge >= 0.3 is 17.9 Å². The van der Waals surface area contributed by atoms with Crippen molar-refractivity contribution in [3.63, 3.8) is 0 Å². The number of ether oxygens (including phenoxy) is 3. The predicted molar refractivity (Wildman–Crippen MR) is 325 cm³/mol. The van der Waals surface area contributed by atoms with E-state index in [-0.39, 0.29) is 31.1 Å². The van der Waals surface area contributed by atoms with E-state index in [1.54, 1.807) is 0 Å². The molecule has 6 heteroatoms. The van der Waals surface area contributed by atoms with Crippen molar-refractivity contribution in [2.24, 2.45) is 0 Å². The van der Waals surface area contributed by atoms with E-state index in [0.29, 0.717) is 19.3 Å². The molecule has 0 bridgehead atoms. The molecule has 0 rings (SSSR count). The van der Waals surface area contributed by atoms with Gasteiger partial charge in [-0.25, -0.2) is 0 Å². The van der Waals surface area contributed by atoms with Gasteiger partial charge in [0, 0.05) is 19.3 Å². The molecule has 0 aromatic heterocycles. The molecule has 0 heterocycles. The maximum Gasteiger partial charge on any atom is 0.306 e. The number of carbonyl (C=O) groups excluding carboxylic acids is 3. The van der Waals surface area contributed by atoms with Crippen molar-refractivity contribution in [3.8, 4) is 0 Å². The SMILES string of the molecule is CCCCC/C=C\C/C=C\CCCCCCCCCC(=O)OCC(COC(=O)CCCCCCCCCCCCC/C=C\CCCCCCCCCC)OC(=O)CCCCCCCCC/C=C\C/C=C\CCCCC. The fourth-order valence-electron chi connectivity index (χ4n) is 9.50. The Labute approximate surface area is 466 Å². The van der Waals surface area contributed by atoms with Crippen LogP contribution in [0.5, 0.6) is 0 Å². The minimum absolute atomic E-state index is 0.0786. The topological polar surface area (TPSA) is 78.9 Å². The zero-order valence-corrected chi connectivity index (χ0v) is 50.1. The van der Waals surface area contributed by atoms with Gasteiger partial charge in [-0.1, -0.05) is 274 Å². The molecule has 0 aliphatic rings. The predicted octanol–water partition coefficient (Wildman–Crippen LogP) is 22.3. The maximum absolute atomic E-state index is 12.9. The van der Waals surface area contributed by atoms with Gasteiger partial charge in [0.2, 0.25) is 0 Å². The second-order valence-corrected chi connectivity index (χ2v) is 22.0. The van der Waals surface area contributed by atoms with Gasteiger partial charge in [-0.05, 0) is 109 Å². The van der Waals surface area contributed by atoms with Crippen LogP contribution in [0.25, 0.3) is 0 Å². The summed E-state index contributed by atoms with van der Waals surface area (Å²) >= 11 is 0. The summed E-state index contributed by atoms with van der Waals surface area (Å²) in [6.45, 7) is 6.62. The first-order valence-electron chi connectivity index (χ1n) is 32.8. The number of hydrogen-bond acceptors (Lipinski definition) is 6. The summed E-state index contributed by atoms with van der Waals surface area (Å²) in [7, 11) is 0. The highest BCUT2D eigenvalue weighted by molar-refractivity contribution is 5.71. The van der Waals surface area contributed by atoms with E-state index >= 15 is 0 Å². The minimum atomic E-state index is -0.783. The first-order chi connectivity index (χ1) is 37.0. The van der Waals surface area contributed by atoms with Gasteiger partial charge in [-0.15, -0.1) is 0 Å². The van der Waals surface area contributed by atoms with Gasteiger partial charge in [0.1, 0.15) is 13.2 Å². The van der Waals surface area contributed by atoms with Crippen LogP contribution < -0.4 is 0 Å². The van der Waals surface area contributed by atoms with Gasteiger partial charge in [-0.2, -0.15) is 0 Å². The van der Waals surface area contributed by atoms with E-state index in [9.17, 15) is 14.4 Å². The maximum atomic E-state index is 12.9. The van der Waals surface area contributed by atoms with Crippen LogP contribution in [-0.2, 0) is 28.6 Å².